The van der Waals surface area contributed by atoms with Crippen LogP contribution in [0.15, 0.2) is 0 Å². The van der Waals surface area contributed by atoms with Crippen LogP contribution < -0.4 is 10.7 Å². The van der Waals surface area contributed by atoms with Crippen molar-refractivity contribution in [3.8, 4) is 0 Å². The molecule has 16 heavy (non-hydrogen) atoms. The molecule has 0 saturated heterocycles. The molecule has 92 valence electrons. The van der Waals surface area contributed by atoms with E-state index in [1.54, 1.807) is 19.1 Å². The molecule has 1 rings (SSSR count). The van der Waals surface area contributed by atoms with Crippen LogP contribution in [0.3, 0.4) is 0 Å². The number of hydrogen-bond acceptors (Lipinski definition) is 3. The highest BCUT2D eigenvalue weighted by Crippen LogP contribution is 2.24. The van der Waals surface area contributed by atoms with Crippen LogP contribution in [0.5, 0.6) is 0 Å². The second kappa shape index (κ2) is 5.69. The Morgan fingerprint density at radius 2 is 1.75 bits per heavy atom. The Kier molecular flexibility index (Phi) is 4.54. The van der Waals surface area contributed by atoms with E-state index >= 15 is 0 Å². The van der Waals surface area contributed by atoms with Crippen molar-refractivity contribution in [2.75, 3.05) is 14.1 Å². The zero-order valence-corrected chi connectivity index (χ0v) is 9.69. The number of rotatable bonds is 3. The number of nitrogens with one attached hydrogen (secondary N) is 2. The Morgan fingerprint density at radius 3 is 2.19 bits per heavy atom. The van der Waals surface area contributed by atoms with Gasteiger partial charge in [-0.05, 0) is 25.7 Å². The molecule has 1 fully saturated rings. The summed E-state index contributed by atoms with van der Waals surface area (Å²) in [6.45, 7) is 0. The van der Waals surface area contributed by atoms with E-state index < -0.39 is 5.97 Å². The first-order valence-corrected chi connectivity index (χ1v) is 5.46. The monoisotopic (exact) mass is 229 g/mol. The Morgan fingerprint density at radius 1 is 1.19 bits per heavy atom. The number of carboxylic acids is 1. The van der Waals surface area contributed by atoms with Crippen molar-refractivity contribution >= 4 is 12.0 Å². The maximum absolute atomic E-state index is 11.4. The Hall–Kier alpha value is -1.30. The lowest BCUT2D eigenvalue weighted by molar-refractivity contribution is -0.142. The van der Waals surface area contributed by atoms with E-state index in [4.69, 9.17) is 5.11 Å². The minimum Gasteiger partial charge on any atom is -0.481 e. The van der Waals surface area contributed by atoms with E-state index in [0.717, 1.165) is 12.8 Å². The molecule has 1 aliphatic rings. The molecule has 2 amide bonds. The average Bonchev–Trinajstić information content (AvgIpc) is 2.16. The third-order valence-electron chi connectivity index (χ3n) is 2.74. The van der Waals surface area contributed by atoms with Gasteiger partial charge in [-0.1, -0.05) is 0 Å². The van der Waals surface area contributed by atoms with Gasteiger partial charge in [0, 0.05) is 20.1 Å². The lowest BCUT2D eigenvalue weighted by Gasteiger charge is -2.27. The van der Waals surface area contributed by atoms with Crippen molar-refractivity contribution in [3.05, 3.63) is 0 Å². The second-order valence-electron chi connectivity index (χ2n) is 4.37. The Labute approximate surface area is 95.0 Å². The number of amides is 2. The summed E-state index contributed by atoms with van der Waals surface area (Å²) in [5.74, 6) is -0.967. The van der Waals surface area contributed by atoms with Crippen LogP contribution in [-0.2, 0) is 4.79 Å². The average molecular weight is 229 g/mol. The van der Waals surface area contributed by atoms with E-state index in [0.29, 0.717) is 12.8 Å². The van der Waals surface area contributed by atoms with Crippen molar-refractivity contribution in [1.29, 1.82) is 0 Å². The summed E-state index contributed by atoms with van der Waals surface area (Å²) < 4.78 is 0. The molecule has 0 aromatic heterocycles. The van der Waals surface area contributed by atoms with E-state index in [1.807, 2.05) is 0 Å². The van der Waals surface area contributed by atoms with Gasteiger partial charge in [0.25, 0.3) is 0 Å². The molecule has 0 aliphatic heterocycles. The molecule has 0 radical (unpaired) electrons. The molecular formula is C10H19N3O3. The van der Waals surface area contributed by atoms with Crippen LogP contribution in [0.2, 0.25) is 0 Å². The van der Waals surface area contributed by atoms with Gasteiger partial charge in [0.2, 0.25) is 0 Å². The third-order valence-corrected chi connectivity index (χ3v) is 2.74. The number of aliphatic carboxylic acids is 1. The molecule has 0 aromatic carbocycles. The van der Waals surface area contributed by atoms with Gasteiger partial charge in [0.15, 0.2) is 0 Å². The standard InChI is InChI=1S/C10H19N3O3/c1-13(2)12-10(16)11-8-5-3-7(4-6-8)9(14)15/h7-8H,3-6H2,1-2H3,(H,14,15)(H2,11,12,16). The van der Waals surface area contributed by atoms with Crippen LogP contribution in [0.25, 0.3) is 0 Å². The highest BCUT2D eigenvalue weighted by atomic mass is 16.4. The summed E-state index contributed by atoms with van der Waals surface area (Å²) in [5.41, 5.74) is 2.59. The largest absolute Gasteiger partial charge is 0.481 e. The number of carbonyl (C=O) groups excluding carboxylic acids is 1. The normalized spacial score (nSPS) is 25.2. The third kappa shape index (κ3) is 4.06. The van der Waals surface area contributed by atoms with Gasteiger partial charge in [-0.15, -0.1) is 0 Å². The van der Waals surface area contributed by atoms with Crippen molar-refractivity contribution in [3.63, 3.8) is 0 Å². The number of nitrogens with zero attached hydrogens (tertiary/aromatic N) is 1. The molecule has 0 spiro atoms. The van der Waals surface area contributed by atoms with Crippen LogP contribution in [-0.4, -0.2) is 42.3 Å². The first kappa shape index (κ1) is 12.8. The number of hydrogen-bond donors (Lipinski definition) is 3. The van der Waals surface area contributed by atoms with Crippen molar-refractivity contribution < 1.29 is 14.7 Å². The van der Waals surface area contributed by atoms with Gasteiger partial charge in [-0.3, -0.25) is 10.2 Å². The zero-order valence-electron chi connectivity index (χ0n) is 9.69. The quantitative estimate of drug-likeness (QED) is 0.612. The van der Waals surface area contributed by atoms with E-state index in [9.17, 15) is 9.59 Å². The number of urea groups is 1. The molecule has 0 bridgehead atoms. The predicted molar refractivity (Wildman–Crippen MR) is 58.7 cm³/mol. The fourth-order valence-corrected chi connectivity index (χ4v) is 1.91. The van der Waals surface area contributed by atoms with Crippen molar-refractivity contribution in [2.24, 2.45) is 5.92 Å². The van der Waals surface area contributed by atoms with Gasteiger partial charge in [-0.25, -0.2) is 9.80 Å². The predicted octanol–water partition coefficient (Wildman–Crippen LogP) is 0.406. The SMILES string of the molecule is CN(C)NC(=O)NC1CCC(C(=O)O)CC1. The van der Waals surface area contributed by atoms with Crippen LogP contribution in [0.4, 0.5) is 4.79 Å². The summed E-state index contributed by atoms with van der Waals surface area (Å²) in [7, 11) is 3.47. The number of carboxylic acid groups (broad SMARTS) is 1. The fourth-order valence-electron chi connectivity index (χ4n) is 1.91. The van der Waals surface area contributed by atoms with Gasteiger partial charge >= 0.3 is 12.0 Å². The van der Waals surface area contributed by atoms with Crippen molar-refractivity contribution in [2.45, 2.75) is 31.7 Å². The van der Waals surface area contributed by atoms with Gasteiger partial charge in [-0.2, -0.15) is 0 Å². The molecule has 6 heteroatoms. The van der Waals surface area contributed by atoms with E-state index in [-0.39, 0.29) is 18.0 Å². The fraction of sp³-hybridized carbons (Fsp3) is 0.800. The molecule has 0 atom stereocenters. The molecule has 0 unspecified atom stereocenters. The van der Waals surface area contributed by atoms with E-state index in [2.05, 4.69) is 10.7 Å². The molecular weight excluding hydrogens is 210 g/mol. The maximum Gasteiger partial charge on any atom is 0.329 e. The first-order valence-electron chi connectivity index (χ1n) is 5.46. The van der Waals surface area contributed by atoms with Crippen molar-refractivity contribution in [1.82, 2.24) is 15.8 Å². The van der Waals surface area contributed by atoms with Crippen LogP contribution in [0, 0.1) is 5.92 Å². The first-order chi connectivity index (χ1) is 7.49. The molecule has 1 saturated carbocycles. The summed E-state index contributed by atoms with van der Waals surface area (Å²) in [6, 6.07) is -0.140. The minimum atomic E-state index is -0.726. The van der Waals surface area contributed by atoms with Crippen LogP contribution in [0.1, 0.15) is 25.7 Å². The summed E-state index contributed by atoms with van der Waals surface area (Å²) in [6.07, 6.45) is 2.75. The molecule has 0 heterocycles. The zero-order chi connectivity index (χ0) is 12.1. The molecule has 3 N–H and O–H groups in total. The highest BCUT2D eigenvalue weighted by Gasteiger charge is 2.26. The smallest absolute Gasteiger partial charge is 0.329 e. The summed E-state index contributed by atoms with van der Waals surface area (Å²) >= 11 is 0. The number of carbonyl (C=O) groups is 2. The molecule has 1 aliphatic carbocycles. The molecule has 0 aromatic rings. The lowest BCUT2D eigenvalue weighted by atomic mass is 9.86. The topological polar surface area (TPSA) is 81.7 Å². The second-order valence-corrected chi connectivity index (χ2v) is 4.37. The Bertz CT molecular complexity index is 260. The number of hydrazine groups is 1. The molecule has 6 nitrogen and oxygen atoms in total. The van der Waals surface area contributed by atoms with Gasteiger partial charge in [0.05, 0.1) is 5.92 Å². The van der Waals surface area contributed by atoms with Gasteiger partial charge in [0.1, 0.15) is 0 Å². The summed E-state index contributed by atoms with van der Waals surface area (Å²) in [4.78, 5) is 22.1. The summed E-state index contributed by atoms with van der Waals surface area (Å²) in [5, 5.41) is 13.2. The van der Waals surface area contributed by atoms with E-state index in [1.165, 1.54) is 0 Å². The minimum absolute atomic E-state index is 0.0931. The van der Waals surface area contributed by atoms with Gasteiger partial charge < -0.3 is 10.4 Å². The van der Waals surface area contributed by atoms with Crippen LogP contribution >= 0.6 is 0 Å². The Balaban J connectivity index is 2.26. The highest BCUT2D eigenvalue weighted by molar-refractivity contribution is 5.73. The maximum atomic E-state index is 11.4. The lowest BCUT2D eigenvalue weighted by Crippen LogP contribution is -2.48.